The van der Waals surface area contributed by atoms with Crippen molar-refractivity contribution >= 4 is 17.9 Å². The number of ether oxygens (including phenoxy) is 1. The number of rotatable bonds is 2. The standard InChI is InChI=1S/C15H22N2O2S/c1-11-5-6-13(16-9-11)20-12-7-8-17(10-12)14(18)19-15(2,3)4/h5-6,9,12H,7-8,10H2,1-4H3/t12-/m1/s1. The molecule has 1 atom stereocenters. The average molecular weight is 294 g/mol. The van der Waals surface area contributed by atoms with Crippen LogP contribution in [-0.4, -0.2) is 39.9 Å². The van der Waals surface area contributed by atoms with Crippen LogP contribution in [0.4, 0.5) is 4.79 Å². The highest BCUT2D eigenvalue weighted by atomic mass is 32.2. The molecule has 2 heterocycles. The highest BCUT2D eigenvalue weighted by molar-refractivity contribution is 7.99. The number of pyridine rings is 1. The summed E-state index contributed by atoms with van der Waals surface area (Å²) in [6, 6.07) is 4.10. The van der Waals surface area contributed by atoms with Crippen LogP contribution in [0.1, 0.15) is 32.8 Å². The maximum Gasteiger partial charge on any atom is 0.410 e. The molecule has 0 spiro atoms. The Labute approximate surface area is 124 Å². The molecule has 0 saturated carbocycles. The molecule has 0 radical (unpaired) electrons. The van der Waals surface area contributed by atoms with E-state index in [0.29, 0.717) is 5.25 Å². The molecule has 0 bridgehead atoms. The SMILES string of the molecule is Cc1ccc(S[C@@H]2CCN(C(=O)OC(C)(C)C)C2)nc1. The third-order valence-corrected chi connectivity index (χ3v) is 4.17. The van der Waals surface area contributed by atoms with Crippen molar-refractivity contribution in [2.75, 3.05) is 13.1 Å². The van der Waals surface area contributed by atoms with E-state index in [1.165, 1.54) is 0 Å². The van der Waals surface area contributed by atoms with Gasteiger partial charge in [0.15, 0.2) is 0 Å². The molecule has 0 N–H and O–H groups in total. The topological polar surface area (TPSA) is 42.4 Å². The van der Waals surface area contributed by atoms with Crippen molar-refractivity contribution in [2.24, 2.45) is 0 Å². The largest absolute Gasteiger partial charge is 0.444 e. The molecular weight excluding hydrogens is 272 g/mol. The van der Waals surface area contributed by atoms with Crippen LogP contribution in [0.5, 0.6) is 0 Å². The van der Waals surface area contributed by atoms with Crippen molar-refractivity contribution in [1.82, 2.24) is 9.88 Å². The second-order valence-corrected chi connectivity index (χ2v) is 7.45. The summed E-state index contributed by atoms with van der Waals surface area (Å²) in [5.74, 6) is 0. The molecule has 0 aliphatic carbocycles. The minimum Gasteiger partial charge on any atom is -0.444 e. The van der Waals surface area contributed by atoms with Crippen LogP contribution in [0, 0.1) is 6.92 Å². The highest BCUT2D eigenvalue weighted by Gasteiger charge is 2.30. The number of thioether (sulfide) groups is 1. The maximum absolute atomic E-state index is 12.0. The molecule has 1 aliphatic rings. The summed E-state index contributed by atoms with van der Waals surface area (Å²) in [6.07, 6.45) is 2.65. The van der Waals surface area contributed by atoms with Crippen LogP contribution in [0.25, 0.3) is 0 Å². The monoisotopic (exact) mass is 294 g/mol. The molecule has 4 nitrogen and oxygen atoms in total. The second kappa shape index (κ2) is 6.04. The lowest BCUT2D eigenvalue weighted by molar-refractivity contribution is 0.0295. The first-order valence-electron chi connectivity index (χ1n) is 6.91. The number of aromatic nitrogens is 1. The Kier molecular flexibility index (Phi) is 4.58. The van der Waals surface area contributed by atoms with Gasteiger partial charge in [-0.2, -0.15) is 0 Å². The number of aryl methyl sites for hydroxylation is 1. The number of hydrogen-bond acceptors (Lipinski definition) is 4. The van der Waals surface area contributed by atoms with E-state index >= 15 is 0 Å². The Morgan fingerprint density at radius 2 is 2.20 bits per heavy atom. The first-order chi connectivity index (χ1) is 9.33. The van der Waals surface area contributed by atoms with Crippen molar-refractivity contribution in [1.29, 1.82) is 0 Å². The van der Waals surface area contributed by atoms with Crippen molar-refractivity contribution in [3.8, 4) is 0 Å². The smallest absolute Gasteiger partial charge is 0.410 e. The lowest BCUT2D eigenvalue weighted by atomic mass is 10.2. The fourth-order valence-corrected chi connectivity index (χ4v) is 3.09. The van der Waals surface area contributed by atoms with Gasteiger partial charge >= 0.3 is 6.09 Å². The van der Waals surface area contributed by atoms with E-state index in [1.54, 1.807) is 16.7 Å². The molecule has 1 fully saturated rings. The van der Waals surface area contributed by atoms with Crippen LogP contribution < -0.4 is 0 Å². The summed E-state index contributed by atoms with van der Waals surface area (Å²) in [5, 5.41) is 1.42. The molecule has 1 aromatic rings. The minimum atomic E-state index is -0.430. The number of hydrogen-bond donors (Lipinski definition) is 0. The van der Waals surface area contributed by atoms with Gasteiger partial charge in [0, 0.05) is 24.5 Å². The third-order valence-electron chi connectivity index (χ3n) is 2.97. The average Bonchev–Trinajstić information content (AvgIpc) is 2.79. The maximum atomic E-state index is 12.0. The first-order valence-corrected chi connectivity index (χ1v) is 7.79. The van der Waals surface area contributed by atoms with Gasteiger partial charge in [0.2, 0.25) is 0 Å². The van der Waals surface area contributed by atoms with E-state index in [0.717, 1.165) is 30.1 Å². The Morgan fingerprint density at radius 1 is 1.45 bits per heavy atom. The highest BCUT2D eigenvalue weighted by Crippen LogP contribution is 2.29. The molecule has 1 amide bonds. The second-order valence-electron chi connectivity index (χ2n) is 6.13. The third kappa shape index (κ3) is 4.40. The number of carbonyl (C=O) groups excluding carboxylic acids is 1. The zero-order valence-electron chi connectivity index (χ0n) is 12.5. The molecule has 1 saturated heterocycles. The fraction of sp³-hybridized carbons (Fsp3) is 0.600. The number of nitrogens with zero attached hydrogens (tertiary/aromatic N) is 2. The van der Waals surface area contributed by atoms with Gasteiger partial charge in [0.05, 0.1) is 5.03 Å². The molecule has 110 valence electrons. The zero-order valence-corrected chi connectivity index (χ0v) is 13.4. The van der Waals surface area contributed by atoms with Crippen LogP contribution in [0.3, 0.4) is 0 Å². The first kappa shape index (κ1) is 15.2. The summed E-state index contributed by atoms with van der Waals surface area (Å²) >= 11 is 1.74. The zero-order chi connectivity index (χ0) is 14.8. The van der Waals surface area contributed by atoms with Gasteiger partial charge in [-0.3, -0.25) is 0 Å². The van der Waals surface area contributed by atoms with Crippen molar-refractivity contribution in [2.45, 2.75) is 50.0 Å². The predicted molar refractivity (Wildman–Crippen MR) is 81.0 cm³/mol. The van der Waals surface area contributed by atoms with Crippen LogP contribution in [0.2, 0.25) is 0 Å². The molecule has 0 aromatic carbocycles. The van der Waals surface area contributed by atoms with Crippen LogP contribution in [-0.2, 0) is 4.74 Å². The number of carbonyl (C=O) groups is 1. The van der Waals surface area contributed by atoms with Gasteiger partial charge in [-0.05, 0) is 45.7 Å². The van der Waals surface area contributed by atoms with Gasteiger partial charge in [-0.15, -0.1) is 11.8 Å². The Balaban J connectivity index is 1.86. The molecule has 5 heteroatoms. The van der Waals surface area contributed by atoms with Crippen LogP contribution >= 0.6 is 11.8 Å². The number of amides is 1. The van der Waals surface area contributed by atoms with E-state index in [2.05, 4.69) is 11.1 Å². The van der Waals surface area contributed by atoms with Crippen LogP contribution in [0.15, 0.2) is 23.4 Å². The summed E-state index contributed by atoms with van der Waals surface area (Å²) in [5.41, 5.74) is 0.733. The normalized spacial score (nSPS) is 19.2. The summed E-state index contributed by atoms with van der Waals surface area (Å²) < 4.78 is 5.40. The molecule has 20 heavy (non-hydrogen) atoms. The van der Waals surface area contributed by atoms with Gasteiger partial charge in [-0.1, -0.05) is 6.07 Å². The minimum absolute atomic E-state index is 0.211. The van der Waals surface area contributed by atoms with E-state index in [4.69, 9.17) is 4.74 Å². The van der Waals surface area contributed by atoms with E-state index in [1.807, 2.05) is 40.0 Å². The lowest BCUT2D eigenvalue weighted by Crippen LogP contribution is -2.35. The number of likely N-dealkylation sites (tertiary alicyclic amines) is 1. The molecular formula is C15H22N2O2S. The van der Waals surface area contributed by atoms with E-state index < -0.39 is 5.60 Å². The molecule has 2 rings (SSSR count). The van der Waals surface area contributed by atoms with E-state index in [9.17, 15) is 4.79 Å². The molecule has 0 unspecified atom stereocenters. The molecule has 1 aliphatic heterocycles. The van der Waals surface area contributed by atoms with Crippen molar-refractivity contribution in [3.63, 3.8) is 0 Å². The van der Waals surface area contributed by atoms with Crippen molar-refractivity contribution < 1.29 is 9.53 Å². The Hall–Kier alpha value is -1.23. The molecule has 1 aromatic heterocycles. The van der Waals surface area contributed by atoms with Crippen molar-refractivity contribution in [3.05, 3.63) is 23.9 Å². The van der Waals surface area contributed by atoms with Gasteiger partial charge in [-0.25, -0.2) is 9.78 Å². The predicted octanol–water partition coefficient (Wildman–Crippen LogP) is 3.49. The summed E-state index contributed by atoms with van der Waals surface area (Å²) in [7, 11) is 0. The van der Waals surface area contributed by atoms with Gasteiger partial charge in [0.25, 0.3) is 0 Å². The lowest BCUT2D eigenvalue weighted by Gasteiger charge is -2.24. The van der Waals surface area contributed by atoms with Gasteiger partial charge in [0.1, 0.15) is 5.60 Å². The Morgan fingerprint density at radius 3 is 2.80 bits per heavy atom. The van der Waals surface area contributed by atoms with Gasteiger partial charge < -0.3 is 9.64 Å². The summed E-state index contributed by atoms with van der Waals surface area (Å²) in [4.78, 5) is 18.2. The quantitative estimate of drug-likeness (QED) is 0.837. The fourth-order valence-electron chi connectivity index (χ4n) is 2.01. The van der Waals surface area contributed by atoms with E-state index in [-0.39, 0.29) is 6.09 Å². The Bertz CT molecular complexity index is 468. The summed E-state index contributed by atoms with van der Waals surface area (Å²) in [6.45, 7) is 9.20.